The highest BCUT2D eigenvalue weighted by Gasteiger charge is 2.15. The van der Waals surface area contributed by atoms with Crippen LogP contribution in [0.25, 0.3) is 0 Å². The van der Waals surface area contributed by atoms with E-state index in [4.69, 9.17) is 0 Å². The van der Waals surface area contributed by atoms with Gasteiger partial charge in [-0.05, 0) is 31.4 Å². The van der Waals surface area contributed by atoms with Crippen molar-refractivity contribution >= 4 is 11.7 Å². The quantitative estimate of drug-likeness (QED) is 0.838. The highest BCUT2D eigenvalue weighted by molar-refractivity contribution is 5.98. The maximum absolute atomic E-state index is 12.2. The SMILES string of the molecule is CCNc1ncccc1C(=O)NCCC1CCCCC1. The first-order valence-electron chi connectivity index (χ1n) is 7.78. The molecule has 0 saturated heterocycles. The summed E-state index contributed by atoms with van der Waals surface area (Å²) in [5.74, 6) is 1.45. The van der Waals surface area contributed by atoms with Crippen LogP contribution in [0.15, 0.2) is 18.3 Å². The molecule has 0 radical (unpaired) electrons. The lowest BCUT2D eigenvalue weighted by Crippen LogP contribution is -2.27. The van der Waals surface area contributed by atoms with E-state index in [1.165, 1.54) is 32.1 Å². The molecule has 1 aromatic rings. The zero-order valence-corrected chi connectivity index (χ0v) is 12.3. The van der Waals surface area contributed by atoms with Gasteiger partial charge in [0.25, 0.3) is 5.91 Å². The van der Waals surface area contributed by atoms with Crippen LogP contribution in [0.3, 0.4) is 0 Å². The van der Waals surface area contributed by atoms with Gasteiger partial charge in [0.15, 0.2) is 0 Å². The summed E-state index contributed by atoms with van der Waals surface area (Å²) in [6.45, 7) is 3.53. The molecule has 1 aromatic heterocycles. The number of aromatic nitrogens is 1. The molecule has 1 heterocycles. The van der Waals surface area contributed by atoms with Gasteiger partial charge in [-0.15, -0.1) is 0 Å². The number of hydrogen-bond donors (Lipinski definition) is 2. The minimum atomic E-state index is -0.0233. The summed E-state index contributed by atoms with van der Waals surface area (Å²) in [4.78, 5) is 16.4. The summed E-state index contributed by atoms with van der Waals surface area (Å²) < 4.78 is 0. The van der Waals surface area contributed by atoms with Crippen molar-refractivity contribution in [3.63, 3.8) is 0 Å². The van der Waals surface area contributed by atoms with Crippen LogP contribution in [0.5, 0.6) is 0 Å². The van der Waals surface area contributed by atoms with Crippen molar-refractivity contribution in [2.75, 3.05) is 18.4 Å². The number of hydrogen-bond acceptors (Lipinski definition) is 3. The first kappa shape index (κ1) is 14.8. The van der Waals surface area contributed by atoms with Crippen molar-refractivity contribution in [2.24, 2.45) is 5.92 Å². The van der Waals surface area contributed by atoms with Gasteiger partial charge >= 0.3 is 0 Å². The van der Waals surface area contributed by atoms with Gasteiger partial charge in [-0.25, -0.2) is 4.98 Å². The molecule has 1 fully saturated rings. The van der Waals surface area contributed by atoms with E-state index in [0.29, 0.717) is 11.4 Å². The van der Waals surface area contributed by atoms with Crippen molar-refractivity contribution in [3.8, 4) is 0 Å². The molecular weight excluding hydrogens is 250 g/mol. The smallest absolute Gasteiger partial charge is 0.255 e. The zero-order chi connectivity index (χ0) is 14.2. The first-order chi connectivity index (χ1) is 9.81. The van der Waals surface area contributed by atoms with E-state index < -0.39 is 0 Å². The van der Waals surface area contributed by atoms with Crippen molar-refractivity contribution in [1.82, 2.24) is 10.3 Å². The lowest BCUT2D eigenvalue weighted by molar-refractivity contribution is 0.0951. The Morgan fingerprint density at radius 2 is 2.15 bits per heavy atom. The van der Waals surface area contributed by atoms with Gasteiger partial charge in [0, 0.05) is 19.3 Å². The average Bonchev–Trinajstić information content (AvgIpc) is 2.49. The highest BCUT2D eigenvalue weighted by Crippen LogP contribution is 2.25. The fourth-order valence-electron chi connectivity index (χ4n) is 2.86. The third-order valence-electron chi connectivity index (χ3n) is 3.96. The van der Waals surface area contributed by atoms with Crippen LogP contribution >= 0.6 is 0 Å². The molecular formula is C16H25N3O. The minimum Gasteiger partial charge on any atom is -0.370 e. The normalized spacial score (nSPS) is 15.8. The van der Waals surface area contributed by atoms with Gasteiger partial charge in [0.2, 0.25) is 0 Å². The fraction of sp³-hybridized carbons (Fsp3) is 0.625. The van der Waals surface area contributed by atoms with E-state index >= 15 is 0 Å². The summed E-state index contributed by atoms with van der Waals surface area (Å²) in [5, 5.41) is 6.15. The van der Waals surface area contributed by atoms with Gasteiger partial charge in [0.05, 0.1) is 5.56 Å². The second-order valence-corrected chi connectivity index (χ2v) is 5.48. The summed E-state index contributed by atoms with van der Waals surface area (Å²) in [6.07, 6.45) is 9.54. The average molecular weight is 275 g/mol. The molecule has 20 heavy (non-hydrogen) atoms. The summed E-state index contributed by atoms with van der Waals surface area (Å²) in [6, 6.07) is 3.62. The lowest BCUT2D eigenvalue weighted by Gasteiger charge is -2.21. The van der Waals surface area contributed by atoms with Crippen molar-refractivity contribution in [3.05, 3.63) is 23.9 Å². The molecule has 2 N–H and O–H groups in total. The van der Waals surface area contributed by atoms with E-state index in [2.05, 4.69) is 15.6 Å². The molecule has 1 aliphatic carbocycles. The van der Waals surface area contributed by atoms with Gasteiger partial charge in [-0.1, -0.05) is 32.1 Å². The predicted octanol–water partition coefficient (Wildman–Crippen LogP) is 3.21. The number of nitrogens with zero attached hydrogens (tertiary/aromatic N) is 1. The third kappa shape index (κ3) is 4.22. The second kappa shape index (κ2) is 7.88. The Hall–Kier alpha value is -1.58. The molecule has 1 aliphatic rings. The number of carbonyl (C=O) groups is 1. The summed E-state index contributed by atoms with van der Waals surface area (Å²) in [5.41, 5.74) is 0.637. The maximum Gasteiger partial charge on any atom is 0.255 e. The molecule has 4 heteroatoms. The van der Waals surface area contributed by atoms with Gasteiger partial charge in [-0.3, -0.25) is 4.79 Å². The number of anilines is 1. The van der Waals surface area contributed by atoms with E-state index in [9.17, 15) is 4.79 Å². The third-order valence-corrected chi connectivity index (χ3v) is 3.96. The van der Waals surface area contributed by atoms with Gasteiger partial charge < -0.3 is 10.6 Å². The van der Waals surface area contributed by atoms with Crippen molar-refractivity contribution in [1.29, 1.82) is 0 Å². The van der Waals surface area contributed by atoms with E-state index in [1.807, 2.05) is 13.0 Å². The Morgan fingerprint density at radius 3 is 2.90 bits per heavy atom. The van der Waals surface area contributed by atoms with E-state index in [0.717, 1.165) is 25.4 Å². The molecule has 0 atom stereocenters. The molecule has 0 aliphatic heterocycles. The monoisotopic (exact) mass is 275 g/mol. The zero-order valence-electron chi connectivity index (χ0n) is 12.3. The Kier molecular flexibility index (Phi) is 5.84. The Bertz CT molecular complexity index is 427. The minimum absolute atomic E-state index is 0.0233. The second-order valence-electron chi connectivity index (χ2n) is 5.48. The van der Waals surface area contributed by atoms with Crippen molar-refractivity contribution < 1.29 is 4.79 Å². The number of rotatable bonds is 6. The Balaban J connectivity index is 1.82. The van der Waals surface area contributed by atoms with Crippen LogP contribution in [0.4, 0.5) is 5.82 Å². The topological polar surface area (TPSA) is 54.0 Å². The molecule has 0 unspecified atom stereocenters. The fourth-order valence-corrected chi connectivity index (χ4v) is 2.86. The molecule has 0 aromatic carbocycles. The van der Waals surface area contributed by atoms with Crippen LogP contribution in [-0.4, -0.2) is 24.0 Å². The standard InChI is InChI=1S/C16H25N3O/c1-2-17-15-14(9-6-11-18-15)16(20)19-12-10-13-7-4-3-5-8-13/h6,9,11,13H,2-5,7-8,10,12H2,1H3,(H,17,18)(H,19,20). The molecule has 4 nitrogen and oxygen atoms in total. The largest absolute Gasteiger partial charge is 0.370 e. The molecule has 0 spiro atoms. The number of amides is 1. The maximum atomic E-state index is 12.2. The Morgan fingerprint density at radius 1 is 1.35 bits per heavy atom. The predicted molar refractivity (Wildman–Crippen MR) is 81.9 cm³/mol. The van der Waals surface area contributed by atoms with Crippen LogP contribution in [0.2, 0.25) is 0 Å². The van der Waals surface area contributed by atoms with Crippen LogP contribution in [0.1, 0.15) is 55.8 Å². The highest BCUT2D eigenvalue weighted by atomic mass is 16.1. The van der Waals surface area contributed by atoms with Crippen LogP contribution in [-0.2, 0) is 0 Å². The van der Waals surface area contributed by atoms with Gasteiger partial charge in [-0.2, -0.15) is 0 Å². The number of carbonyl (C=O) groups excluding carboxylic acids is 1. The molecule has 2 rings (SSSR count). The lowest BCUT2D eigenvalue weighted by atomic mass is 9.87. The molecule has 1 amide bonds. The van der Waals surface area contributed by atoms with Crippen molar-refractivity contribution in [2.45, 2.75) is 45.4 Å². The van der Waals surface area contributed by atoms with E-state index in [1.54, 1.807) is 12.3 Å². The molecule has 0 bridgehead atoms. The summed E-state index contributed by atoms with van der Waals surface area (Å²) in [7, 11) is 0. The van der Waals surface area contributed by atoms with Crippen LogP contribution in [0, 0.1) is 5.92 Å². The first-order valence-corrected chi connectivity index (χ1v) is 7.78. The molecule has 1 saturated carbocycles. The number of nitrogens with one attached hydrogen (secondary N) is 2. The van der Waals surface area contributed by atoms with Crippen LogP contribution < -0.4 is 10.6 Å². The molecule has 110 valence electrons. The Labute approximate surface area is 121 Å². The van der Waals surface area contributed by atoms with E-state index in [-0.39, 0.29) is 5.91 Å². The number of pyridine rings is 1. The van der Waals surface area contributed by atoms with Gasteiger partial charge in [0.1, 0.15) is 5.82 Å². The summed E-state index contributed by atoms with van der Waals surface area (Å²) >= 11 is 0.